The molecule has 1 saturated heterocycles. The van der Waals surface area contributed by atoms with Crippen LogP contribution in [0.1, 0.15) is 48.5 Å². The van der Waals surface area contributed by atoms with E-state index in [-0.39, 0.29) is 35.1 Å². The molecule has 0 bridgehead atoms. The standard InChI is InChI=1S/C13H26O2/c1-8-9(2)15-11(10(8)14)13(6,7)12(3,4)5/h8-11,14H,1-7H3/t8-,9-,10-,11-/m0/s1/i14T. The van der Waals surface area contributed by atoms with Crippen LogP contribution < -0.4 is 0 Å². The minimum atomic E-state index is -0.121. The van der Waals surface area contributed by atoms with Crippen LogP contribution in [0.15, 0.2) is 0 Å². The lowest BCUT2D eigenvalue weighted by molar-refractivity contribution is -0.0975. The molecule has 90 valence electrons. The van der Waals surface area contributed by atoms with Crippen LogP contribution >= 0.6 is 0 Å². The third-order valence-electron chi connectivity index (χ3n) is 4.56. The normalized spacial score (nSPS) is 39.3. The number of hydrogen-bond donors (Lipinski definition) is 1. The molecular weight excluding hydrogens is 188 g/mol. The van der Waals surface area contributed by atoms with Crippen LogP contribution in [0, 0.1) is 16.7 Å². The summed E-state index contributed by atoms with van der Waals surface area (Å²) >= 11 is 0. The van der Waals surface area contributed by atoms with Crippen LogP contribution in [0.2, 0.25) is 0 Å². The van der Waals surface area contributed by atoms with Gasteiger partial charge in [-0.1, -0.05) is 41.5 Å². The summed E-state index contributed by atoms with van der Waals surface area (Å²) in [6.45, 7) is 15.2. The van der Waals surface area contributed by atoms with Gasteiger partial charge in [-0.2, -0.15) is 0 Å². The van der Waals surface area contributed by atoms with E-state index >= 15 is 0 Å². The van der Waals surface area contributed by atoms with Gasteiger partial charge in [0.25, 0.3) is 0 Å². The Kier molecular flexibility index (Phi) is 2.85. The highest BCUT2D eigenvalue weighted by Crippen LogP contribution is 2.47. The molecule has 2 nitrogen and oxygen atoms in total. The van der Waals surface area contributed by atoms with E-state index in [1.54, 1.807) is 0 Å². The molecule has 1 rings (SSSR count). The predicted octanol–water partition coefficient (Wildman–Crippen LogP) is 2.84. The fourth-order valence-corrected chi connectivity index (χ4v) is 1.98. The van der Waals surface area contributed by atoms with Gasteiger partial charge >= 0.3 is 0 Å². The maximum absolute atomic E-state index is 7.26. The molecule has 2 heteroatoms. The van der Waals surface area contributed by atoms with Gasteiger partial charge in [0.2, 0.25) is 1.43 Å². The molecule has 0 aromatic heterocycles. The fraction of sp³-hybridized carbons (Fsp3) is 1.00. The van der Waals surface area contributed by atoms with Crippen LogP contribution in [0.5, 0.6) is 0 Å². The molecule has 15 heavy (non-hydrogen) atoms. The van der Waals surface area contributed by atoms with Crippen molar-refractivity contribution in [2.24, 2.45) is 16.7 Å². The Labute approximate surface area is 95.5 Å². The Morgan fingerprint density at radius 3 is 2.07 bits per heavy atom. The highest BCUT2D eigenvalue weighted by atomic mass is 16.5. The first-order valence-electron chi connectivity index (χ1n) is 6.31. The van der Waals surface area contributed by atoms with E-state index in [0.29, 0.717) is 0 Å². The minimum absolute atomic E-state index is 0.00463. The Morgan fingerprint density at radius 1 is 1.13 bits per heavy atom. The minimum Gasteiger partial charge on any atom is -0.390 e. The van der Waals surface area contributed by atoms with Gasteiger partial charge in [0, 0.05) is 5.92 Å². The summed E-state index contributed by atoms with van der Waals surface area (Å²) in [6, 6.07) is 0. The van der Waals surface area contributed by atoms with Crippen LogP contribution in [0.4, 0.5) is 0 Å². The zero-order valence-electron chi connectivity index (χ0n) is 12.1. The van der Waals surface area contributed by atoms with Gasteiger partial charge in [-0.3, -0.25) is 0 Å². The van der Waals surface area contributed by atoms with Crippen molar-refractivity contribution in [2.75, 3.05) is 0 Å². The van der Waals surface area contributed by atoms with Gasteiger partial charge < -0.3 is 9.85 Å². The van der Waals surface area contributed by atoms with Crippen LogP contribution in [-0.4, -0.2) is 24.9 Å². The van der Waals surface area contributed by atoms with E-state index in [0.717, 1.165) is 0 Å². The Balaban J connectivity index is 2.96. The lowest BCUT2D eigenvalue weighted by atomic mass is 9.64. The van der Waals surface area contributed by atoms with Gasteiger partial charge in [-0.15, -0.1) is 0 Å². The topological polar surface area (TPSA) is 29.5 Å². The van der Waals surface area contributed by atoms with Gasteiger partial charge in [-0.05, 0) is 17.8 Å². The van der Waals surface area contributed by atoms with Crippen molar-refractivity contribution in [2.45, 2.75) is 66.8 Å². The SMILES string of the molecule is [3H]O[C@H]1[C@@H](C)[C@H](C)O[C@@H]1C(C)(C)C(C)(C)C. The summed E-state index contributed by atoms with van der Waals surface area (Å²) in [5, 5.41) is 4.91. The quantitative estimate of drug-likeness (QED) is 0.769. The number of aliphatic hydroxyl groups excluding tert-OH is 1. The molecule has 0 spiro atoms. The van der Waals surface area contributed by atoms with Crippen molar-refractivity contribution >= 4 is 0 Å². The van der Waals surface area contributed by atoms with Gasteiger partial charge in [0.05, 0.1) is 18.3 Å². The Bertz CT molecular complexity index is 245. The summed E-state index contributed by atoms with van der Waals surface area (Å²) in [4.78, 5) is 0. The molecule has 1 aliphatic heterocycles. The number of ether oxygens (including phenoxy) is 1. The number of aliphatic hydroxyl groups is 1. The lowest BCUT2D eigenvalue weighted by Crippen LogP contribution is -2.46. The monoisotopic (exact) mass is 216 g/mol. The van der Waals surface area contributed by atoms with Crippen molar-refractivity contribution in [1.29, 1.82) is 1.43 Å². The van der Waals surface area contributed by atoms with Gasteiger partial charge in [0.1, 0.15) is 0 Å². The molecule has 1 aliphatic rings. The molecule has 0 saturated carbocycles. The smallest absolute Gasteiger partial charge is 0.211 e. The highest BCUT2D eigenvalue weighted by molar-refractivity contribution is 4.99. The first-order valence-corrected chi connectivity index (χ1v) is 5.90. The van der Waals surface area contributed by atoms with Crippen molar-refractivity contribution in [1.82, 2.24) is 0 Å². The third kappa shape index (κ3) is 2.07. The van der Waals surface area contributed by atoms with E-state index < -0.39 is 0 Å². The van der Waals surface area contributed by atoms with Crippen molar-refractivity contribution in [3.05, 3.63) is 0 Å². The fourth-order valence-electron chi connectivity index (χ4n) is 1.98. The summed E-state index contributed by atoms with van der Waals surface area (Å²) in [7, 11) is 0. The highest BCUT2D eigenvalue weighted by Gasteiger charge is 2.50. The van der Waals surface area contributed by atoms with E-state index in [4.69, 9.17) is 11.3 Å². The maximum atomic E-state index is 7.26. The first kappa shape index (κ1) is 11.4. The molecular formula is C13H26O2. The van der Waals surface area contributed by atoms with Crippen LogP contribution in [0.3, 0.4) is 0 Å². The summed E-state index contributed by atoms with van der Waals surface area (Å²) < 4.78 is 13.3. The second-order valence-electron chi connectivity index (χ2n) is 6.56. The zero-order chi connectivity index (χ0) is 12.7. The molecule has 1 fully saturated rings. The zero-order valence-corrected chi connectivity index (χ0v) is 11.1. The van der Waals surface area contributed by atoms with Crippen molar-refractivity contribution in [3.63, 3.8) is 0 Å². The van der Waals surface area contributed by atoms with Gasteiger partial charge in [0.15, 0.2) is 0 Å². The molecule has 1 heterocycles. The number of hydrogen-bond acceptors (Lipinski definition) is 2. The number of rotatable bonds is 2. The maximum Gasteiger partial charge on any atom is 0.211 e. The molecule has 0 radical (unpaired) electrons. The summed E-state index contributed by atoms with van der Waals surface area (Å²) in [5.41, 5.74) is 0.107. The lowest BCUT2D eigenvalue weighted by Gasteiger charge is -2.44. The van der Waals surface area contributed by atoms with Crippen molar-refractivity contribution < 1.29 is 9.85 Å². The molecule has 1 N–H and O–H groups in total. The average molecular weight is 216 g/mol. The Morgan fingerprint density at radius 2 is 1.67 bits per heavy atom. The Hall–Kier alpha value is -0.0800. The summed E-state index contributed by atoms with van der Waals surface area (Å²) in [5.74, 6) is 0.282. The first-order chi connectivity index (χ1) is 7.13. The van der Waals surface area contributed by atoms with E-state index in [9.17, 15) is 0 Å². The molecule has 0 amide bonds. The average Bonchev–Trinajstić information content (AvgIpc) is 2.42. The third-order valence-corrected chi connectivity index (χ3v) is 4.56. The molecule has 0 aromatic rings. The van der Waals surface area contributed by atoms with Gasteiger partial charge in [-0.25, -0.2) is 0 Å². The largest absolute Gasteiger partial charge is 0.390 e. The van der Waals surface area contributed by atoms with E-state index in [2.05, 4.69) is 48.5 Å². The van der Waals surface area contributed by atoms with E-state index in [1.165, 1.54) is 0 Å². The van der Waals surface area contributed by atoms with Crippen LogP contribution in [0.25, 0.3) is 0 Å². The predicted molar refractivity (Wildman–Crippen MR) is 62.7 cm³/mol. The summed E-state index contributed by atoms with van der Waals surface area (Å²) in [6.07, 6.45) is 0.0428. The molecule has 4 atom stereocenters. The van der Waals surface area contributed by atoms with Crippen molar-refractivity contribution in [3.8, 4) is 0 Å². The van der Waals surface area contributed by atoms with E-state index in [1.807, 2.05) is 0 Å². The van der Waals surface area contributed by atoms with Crippen LogP contribution in [-0.2, 0) is 4.74 Å². The molecule has 0 aliphatic carbocycles. The second kappa shape index (κ2) is 3.74. The second-order valence-corrected chi connectivity index (χ2v) is 6.56. The molecule has 0 unspecified atom stereocenters. The molecule has 0 aromatic carbocycles.